The summed E-state index contributed by atoms with van der Waals surface area (Å²) in [5, 5.41) is 45.9. The van der Waals surface area contributed by atoms with Crippen molar-refractivity contribution in [2.45, 2.75) is 127 Å². The molecular formula is C35H48N2O8. The monoisotopic (exact) mass is 624 g/mol. The molecule has 0 spiro atoms. The Morgan fingerprint density at radius 3 is 2.64 bits per heavy atom. The highest BCUT2D eigenvalue weighted by Gasteiger charge is 2.71. The van der Waals surface area contributed by atoms with E-state index in [1.165, 1.54) is 0 Å². The van der Waals surface area contributed by atoms with Crippen LogP contribution in [-0.4, -0.2) is 86.1 Å². The molecule has 4 saturated carbocycles. The van der Waals surface area contributed by atoms with Crippen LogP contribution in [0.3, 0.4) is 0 Å². The zero-order valence-corrected chi connectivity index (χ0v) is 26.4. The lowest BCUT2D eigenvalue weighted by molar-refractivity contribution is -0.282. The minimum atomic E-state index is -1.10. The molecule has 0 unspecified atom stereocenters. The van der Waals surface area contributed by atoms with Gasteiger partial charge >= 0.3 is 5.97 Å². The molecule has 12 atom stereocenters. The predicted molar refractivity (Wildman–Crippen MR) is 164 cm³/mol. The number of aliphatic hydroxyl groups excluding tert-OH is 2. The highest BCUT2D eigenvalue weighted by Crippen LogP contribution is 2.70. The number of cyclic esters (lactones) is 1. The van der Waals surface area contributed by atoms with Gasteiger partial charge in [0.2, 0.25) is 0 Å². The number of carbonyl (C=O) groups is 1. The van der Waals surface area contributed by atoms with Crippen molar-refractivity contribution < 1.29 is 39.4 Å². The minimum absolute atomic E-state index is 0.0157. The molecule has 1 aromatic rings. The van der Waals surface area contributed by atoms with Crippen molar-refractivity contribution >= 4 is 12.2 Å². The molecule has 10 nitrogen and oxygen atoms in total. The average Bonchev–Trinajstić information content (AvgIpc) is 3.56. The number of esters is 1. The molecule has 0 amide bonds. The number of fused-ring (bicyclic) bond motifs is 5. The number of nitrogens with zero attached hydrogens (tertiary/aromatic N) is 2. The van der Waals surface area contributed by atoms with Gasteiger partial charge in [-0.3, -0.25) is 9.98 Å². The van der Waals surface area contributed by atoms with E-state index in [4.69, 9.17) is 19.2 Å². The third kappa shape index (κ3) is 5.02. The maximum absolute atomic E-state index is 12.7. The topological polar surface area (TPSA) is 151 Å². The summed E-state index contributed by atoms with van der Waals surface area (Å²) in [6, 6.07) is 5.78. The average molecular weight is 625 g/mol. The second-order valence-corrected chi connectivity index (χ2v) is 15.0. The number of pyridine rings is 1. The van der Waals surface area contributed by atoms with Crippen molar-refractivity contribution in [3.63, 3.8) is 0 Å². The van der Waals surface area contributed by atoms with Gasteiger partial charge in [0.15, 0.2) is 6.29 Å². The minimum Gasteiger partial charge on any atom is -0.458 e. The van der Waals surface area contributed by atoms with Crippen LogP contribution < -0.4 is 0 Å². The van der Waals surface area contributed by atoms with E-state index in [9.17, 15) is 25.2 Å². The van der Waals surface area contributed by atoms with Crippen LogP contribution >= 0.6 is 0 Å². The van der Waals surface area contributed by atoms with E-state index < -0.39 is 41.2 Å². The van der Waals surface area contributed by atoms with E-state index in [0.717, 1.165) is 30.5 Å². The van der Waals surface area contributed by atoms with Gasteiger partial charge in [0.25, 0.3) is 0 Å². The summed E-state index contributed by atoms with van der Waals surface area (Å²) in [7, 11) is 0. The molecule has 0 aromatic carbocycles. The van der Waals surface area contributed by atoms with Crippen molar-refractivity contribution in [2.24, 2.45) is 33.6 Å². The predicted octanol–water partition coefficient (Wildman–Crippen LogP) is 3.25. The molecule has 246 valence electrons. The van der Waals surface area contributed by atoms with Crippen LogP contribution in [0.5, 0.6) is 0 Å². The molecule has 1 saturated heterocycles. The molecule has 0 bridgehead atoms. The Labute approximate surface area is 264 Å². The van der Waals surface area contributed by atoms with Crippen LogP contribution in [0.15, 0.2) is 41.0 Å². The lowest BCUT2D eigenvalue weighted by atomic mass is 9.41. The fraction of sp³-hybridized carbons (Fsp3) is 0.743. The van der Waals surface area contributed by atoms with Crippen LogP contribution in [0.4, 0.5) is 0 Å². The van der Waals surface area contributed by atoms with Crippen molar-refractivity contribution in [1.29, 1.82) is 0 Å². The van der Waals surface area contributed by atoms with Crippen molar-refractivity contribution in [2.75, 3.05) is 6.61 Å². The number of hydrogen-bond donors (Lipinski definition) is 4. The number of carbonyl (C=O) groups excluding carboxylic acids is 1. The number of aromatic nitrogens is 1. The Kier molecular flexibility index (Phi) is 8.02. The molecule has 4 aliphatic carbocycles. The molecule has 3 heterocycles. The Morgan fingerprint density at radius 1 is 1.09 bits per heavy atom. The SMILES string of the molecule is C[C@@H]1O[C@H](O[C@@H]2CC[C@]3(C=NCc4ccccn4)[C@H]4CC[C@]5(C)[C@H](C6=CC(=O)OC6)CC[C@]5(O)[C@@H]4CC[C@]3(O)C2)C[C@H](O)[C@H]1O. The number of ether oxygens (including phenoxy) is 3. The van der Waals surface area contributed by atoms with Crippen molar-refractivity contribution in [1.82, 2.24) is 4.98 Å². The van der Waals surface area contributed by atoms with Gasteiger partial charge in [0, 0.05) is 42.2 Å². The first-order chi connectivity index (χ1) is 21.5. The first-order valence-electron chi connectivity index (χ1n) is 16.9. The zero-order valence-electron chi connectivity index (χ0n) is 26.4. The largest absolute Gasteiger partial charge is 0.458 e. The van der Waals surface area contributed by atoms with Gasteiger partial charge in [0.1, 0.15) is 12.7 Å². The first kappa shape index (κ1) is 31.4. The van der Waals surface area contributed by atoms with Crippen LogP contribution in [-0.2, 0) is 25.5 Å². The maximum Gasteiger partial charge on any atom is 0.331 e. The van der Waals surface area contributed by atoms with Crippen molar-refractivity contribution in [3.8, 4) is 0 Å². The summed E-state index contributed by atoms with van der Waals surface area (Å²) in [6.07, 6.45) is 8.31. The normalized spacial score (nSPS) is 48.0. The molecule has 45 heavy (non-hydrogen) atoms. The Bertz CT molecular complexity index is 1330. The highest BCUT2D eigenvalue weighted by atomic mass is 16.7. The van der Waals surface area contributed by atoms with E-state index in [1.54, 1.807) is 19.2 Å². The lowest BCUT2D eigenvalue weighted by Gasteiger charge is -2.66. The van der Waals surface area contributed by atoms with E-state index in [-0.39, 0.29) is 41.7 Å². The van der Waals surface area contributed by atoms with Crippen LogP contribution in [0.1, 0.15) is 83.7 Å². The Hall–Kier alpha value is -2.21. The highest BCUT2D eigenvalue weighted by molar-refractivity contribution is 5.85. The second-order valence-electron chi connectivity index (χ2n) is 15.0. The van der Waals surface area contributed by atoms with Crippen LogP contribution in [0, 0.1) is 28.6 Å². The van der Waals surface area contributed by atoms with Gasteiger partial charge in [-0.25, -0.2) is 4.79 Å². The quantitative estimate of drug-likeness (QED) is 0.212. The van der Waals surface area contributed by atoms with E-state index in [0.29, 0.717) is 51.7 Å². The van der Waals surface area contributed by atoms with Gasteiger partial charge < -0.3 is 34.6 Å². The molecule has 4 N–H and O–H groups in total. The summed E-state index contributed by atoms with van der Waals surface area (Å²) < 4.78 is 17.5. The fourth-order valence-electron chi connectivity index (χ4n) is 10.6. The van der Waals surface area contributed by atoms with Gasteiger partial charge in [-0.1, -0.05) is 13.0 Å². The Balaban J connectivity index is 1.17. The first-order valence-corrected chi connectivity index (χ1v) is 16.9. The molecule has 1 aromatic heterocycles. The second kappa shape index (κ2) is 11.5. The number of rotatable bonds is 6. The summed E-state index contributed by atoms with van der Waals surface area (Å²) in [5.41, 5.74) is -1.19. The molecule has 5 fully saturated rings. The summed E-state index contributed by atoms with van der Waals surface area (Å²) in [6.45, 7) is 4.66. The van der Waals surface area contributed by atoms with Crippen molar-refractivity contribution in [3.05, 3.63) is 41.7 Å². The van der Waals surface area contributed by atoms with Gasteiger partial charge in [-0.05, 0) is 93.7 Å². The van der Waals surface area contributed by atoms with Gasteiger partial charge in [-0.2, -0.15) is 0 Å². The van der Waals surface area contributed by atoms with E-state index >= 15 is 0 Å². The van der Waals surface area contributed by atoms with Gasteiger partial charge in [0.05, 0.1) is 41.8 Å². The number of aliphatic imine (C=N–C) groups is 1. The summed E-state index contributed by atoms with van der Waals surface area (Å²) >= 11 is 0. The third-order valence-electron chi connectivity index (χ3n) is 12.9. The molecule has 6 aliphatic rings. The maximum atomic E-state index is 12.7. The molecule has 2 aliphatic heterocycles. The van der Waals surface area contributed by atoms with Crippen LogP contribution in [0.25, 0.3) is 0 Å². The van der Waals surface area contributed by atoms with E-state index in [2.05, 4.69) is 11.9 Å². The molecule has 10 heteroatoms. The third-order valence-corrected chi connectivity index (χ3v) is 12.9. The Morgan fingerprint density at radius 2 is 1.91 bits per heavy atom. The fourth-order valence-corrected chi connectivity index (χ4v) is 10.6. The standard InChI is InChI=1S/C35H48N2O8/c1-21-31(40)28(38)16-30(44-21)45-24-6-11-33(20-36-18-23-5-3-4-14-37-23)26-7-10-32(2)25(22-15-29(39)43-19-22)9-13-35(32,42)27(26)8-12-34(33,41)17-24/h3-5,14-15,20-21,24-28,30-31,38,40-42H,6-13,16-19H2,1-2H3/t21-,24+,25-,26-,27+,28-,30+,31-,32+,33-,34-,35-/m0/s1. The zero-order chi connectivity index (χ0) is 31.6. The summed E-state index contributed by atoms with van der Waals surface area (Å²) in [5.74, 6) is -0.181. The summed E-state index contributed by atoms with van der Waals surface area (Å²) in [4.78, 5) is 21.4. The number of hydrogen-bond acceptors (Lipinski definition) is 10. The molecular weight excluding hydrogens is 576 g/mol. The number of aliphatic hydroxyl groups is 4. The molecule has 7 rings (SSSR count). The van der Waals surface area contributed by atoms with E-state index in [1.807, 2.05) is 24.4 Å². The van der Waals surface area contributed by atoms with Gasteiger partial charge in [-0.15, -0.1) is 0 Å². The smallest absolute Gasteiger partial charge is 0.331 e. The molecule has 0 radical (unpaired) electrons. The van der Waals surface area contributed by atoms with Crippen LogP contribution in [0.2, 0.25) is 0 Å². The lowest BCUT2D eigenvalue weighted by Crippen LogP contribution is -2.69.